The van der Waals surface area contributed by atoms with Gasteiger partial charge in [0, 0.05) is 18.3 Å². The highest BCUT2D eigenvalue weighted by atomic mass is 16.5. The number of esters is 1. The molecule has 0 aliphatic heterocycles. The topological polar surface area (TPSA) is 80.7 Å². The number of carboxylic acids is 1. The third-order valence-corrected chi connectivity index (χ3v) is 8.61. The molecule has 6 atom stereocenters. The Morgan fingerprint density at radius 1 is 1.11 bits per heavy atom. The van der Waals surface area contributed by atoms with Crippen LogP contribution in [-0.4, -0.2) is 28.9 Å². The van der Waals surface area contributed by atoms with Gasteiger partial charge in [0.05, 0.1) is 12.8 Å². The van der Waals surface area contributed by atoms with Crippen LogP contribution < -0.4 is 0 Å². The Bertz CT molecular complexity index is 725. The first-order valence-electron chi connectivity index (χ1n) is 10.9. The van der Waals surface area contributed by atoms with Crippen LogP contribution in [0.5, 0.6) is 0 Å². The molecule has 5 nitrogen and oxygen atoms in total. The molecule has 3 fully saturated rings. The lowest BCUT2D eigenvalue weighted by Gasteiger charge is -2.56. The maximum absolute atomic E-state index is 12.5. The number of ketones is 1. The van der Waals surface area contributed by atoms with Gasteiger partial charge in [0.15, 0.2) is 0 Å². The summed E-state index contributed by atoms with van der Waals surface area (Å²) in [6.45, 7) is 4.59. The van der Waals surface area contributed by atoms with Crippen molar-refractivity contribution in [3.8, 4) is 0 Å². The summed E-state index contributed by atoms with van der Waals surface area (Å²) in [6.07, 6.45) is 9.66. The summed E-state index contributed by atoms with van der Waals surface area (Å²) in [5, 5.41) is 8.73. The third-order valence-electron chi connectivity index (χ3n) is 8.61. The Morgan fingerprint density at radius 2 is 1.82 bits per heavy atom. The second-order valence-electron chi connectivity index (χ2n) is 9.93. The number of hydrogen-bond donors (Lipinski definition) is 1. The van der Waals surface area contributed by atoms with Crippen molar-refractivity contribution in [1.29, 1.82) is 0 Å². The standard InChI is InChI=1S/C23H32O5/c1-22-11-9-15(28-21(27)8-7-20(25)26)13-14(22)3-4-16-17-5-6-19(24)23(17,2)12-10-18(16)22/h3,15-18H,4-13H2,1-2H3,(H,25,26)/t15-,16+,17-,18-,22-,23+/m0/s1. The number of carbonyl (C=O) groups is 3. The van der Waals surface area contributed by atoms with Crippen LogP contribution in [0.3, 0.4) is 0 Å². The van der Waals surface area contributed by atoms with Crippen LogP contribution in [-0.2, 0) is 19.1 Å². The van der Waals surface area contributed by atoms with Gasteiger partial charge in [0.25, 0.3) is 0 Å². The summed E-state index contributed by atoms with van der Waals surface area (Å²) in [5.74, 6) is 0.869. The normalized spacial score (nSPS) is 42.1. The minimum absolute atomic E-state index is 0.0544. The van der Waals surface area contributed by atoms with Gasteiger partial charge in [-0.3, -0.25) is 14.4 Å². The number of Topliss-reactive ketones (excluding diaryl/α,β-unsaturated/α-hetero) is 1. The molecule has 0 heterocycles. The highest BCUT2D eigenvalue weighted by Gasteiger charge is 2.58. The van der Waals surface area contributed by atoms with Gasteiger partial charge in [-0.25, -0.2) is 0 Å². The van der Waals surface area contributed by atoms with Crippen molar-refractivity contribution in [2.75, 3.05) is 0 Å². The van der Waals surface area contributed by atoms with E-state index < -0.39 is 11.9 Å². The first kappa shape index (κ1) is 19.7. The van der Waals surface area contributed by atoms with Crippen LogP contribution in [0.25, 0.3) is 0 Å². The van der Waals surface area contributed by atoms with Gasteiger partial charge in [-0.05, 0) is 61.7 Å². The molecule has 4 aliphatic carbocycles. The predicted octanol–water partition coefficient (Wildman–Crippen LogP) is 4.29. The quantitative estimate of drug-likeness (QED) is 0.574. The van der Waals surface area contributed by atoms with Crippen molar-refractivity contribution in [3.63, 3.8) is 0 Å². The summed E-state index contributed by atoms with van der Waals surface area (Å²) in [4.78, 5) is 35.1. The molecule has 1 N–H and O–H groups in total. The zero-order valence-corrected chi connectivity index (χ0v) is 17.0. The molecule has 0 bridgehead atoms. The Balaban J connectivity index is 1.46. The summed E-state index contributed by atoms with van der Waals surface area (Å²) in [5.41, 5.74) is 1.48. The number of allylic oxidation sites excluding steroid dienone is 1. The molecule has 0 amide bonds. The van der Waals surface area contributed by atoms with Crippen LogP contribution in [0.15, 0.2) is 11.6 Å². The van der Waals surface area contributed by atoms with Crippen LogP contribution in [0.2, 0.25) is 0 Å². The van der Waals surface area contributed by atoms with Gasteiger partial charge in [0.2, 0.25) is 0 Å². The Morgan fingerprint density at radius 3 is 2.57 bits per heavy atom. The third kappa shape index (κ3) is 3.11. The van der Waals surface area contributed by atoms with Crippen molar-refractivity contribution < 1.29 is 24.2 Å². The summed E-state index contributed by atoms with van der Waals surface area (Å²) >= 11 is 0. The smallest absolute Gasteiger partial charge is 0.306 e. The van der Waals surface area contributed by atoms with Gasteiger partial charge < -0.3 is 9.84 Å². The second kappa shape index (κ2) is 7.00. The lowest BCUT2D eigenvalue weighted by molar-refractivity contribution is -0.154. The molecule has 0 aromatic rings. The van der Waals surface area contributed by atoms with E-state index in [0.717, 1.165) is 51.4 Å². The molecule has 0 aromatic heterocycles. The van der Waals surface area contributed by atoms with Crippen molar-refractivity contribution in [2.24, 2.45) is 28.6 Å². The Kier molecular flexibility index (Phi) is 4.91. The molecule has 28 heavy (non-hydrogen) atoms. The molecular weight excluding hydrogens is 356 g/mol. The van der Waals surface area contributed by atoms with Gasteiger partial charge in [-0.2, -0.15) is 0 Å². The molecule has 4 aliphatic rings. The molecule has 5 heteroatoms. The first-order chi connectivity index (χ1) is 13.2. The Hall–Kier alpha value is -1.65. The zero-order valence-electron chi connectivity index (χ0n) is 17.0. The zero-order chi connectivity index (χ0) is 20.1. The number of hydrogen-bond acceptors (Lipinski definition) is 4. The Labute approximate surface area is 166 Å². The highest BCUT2D eigenvalue weighted by Crippen LogP contribution is 2.64. The van der Waals surface area contributed by atoms with Gasteiger partial charge in [-0.15, -0.1) is 0 Å². The van der Waals surface area contributed by atoms with Gasteiger partial charge >= 0.3 is 11.9 Å². The molecule has 154 valence electrons. The van der Waals surface area contributed by atoms with Crippen LogP contribution >= 0.6 is 0 Å². The number of aliphatic carboxylic acids is 1. The van der Waals surface area contributed by atoms with E-state index in [0.29, 0.717) is 23.5 Å². The number of ether oxygens (including phenoxy) is 1. The molecule has 0 unspecified atom stereocenters. The lowest BCUT2D eigenvalue weighted by atomic mass is 9.48. The maximum atomic E-state index is 12.5. The maximum Gasteiger partial charge on any atom is 0.306 e. The summed E-state index contributed by atoms with van der Waals surface area (Å²) < 4.78 is 5.58. The number of carboxylic acid groups (broad SMARTS) is 1. The van der Waals surface area contributed by atoms with E-state index in [2.05, 4.69) is 19.9 Å². The molecule has 0 spiro atoms. The molecule has 0 saturated heterocycles. The van der Waals surface area contributed by atoms with Gasteiger partial charge in [-0.1, -0.05) is 25.5 Å². The summed E-state index contributed by atoms with van der Waals surface area (Å²) in [6, 6.07) is 0. The fourth-order valence-corrected chi connectivity index (χ4v) is 6.95. The average molecular weight is 389 g/mol. The molecule has 0 radical (unpaired) electrons. The summed E-state index contributed by atoms with van der Waals surface area (Å²) in [7, 11) is 0. The molecule has 3 saturated carbocycles. The second-order valence-corrected chi connectivity index (χ2v) is 9.93. The molecular formula is C23H32O5. The van der Waals surface area contributed by atoms with E-state index in [4.69, 9.17) is 9.84 Å². The van der Waals surface area contributed by atoms with Crippen LogP contribution in [0.1, 0.15) is 78.1 Å². The number of rotatable bonds is 4. The van der Waals surface area contributed by atoms with E-state index >= 15 is 0 Å². The fraction of sp³-hybridized carbons (Fsp3) is 0.783. The monoisotopic (exact) mass is 388 g/mol. The fourth-order valence-electron chi connectivity index (χ4n) is 6.95. The van der Waals surface area contributed by atoms with Crippen molar-refractivity contribution >= 4 is 17.7 Å². The van der Waals surface area contributed by atoms with Crippen LogP contribution in [0, 0.1) is 28.6 Å². The van der Waals surface area contributed by atoms with E-state index in [1.54, 1.807) is 0 Å². The molecule has 4 rings (SSSR count). The van der Waals surface area contributed by atoms with Crippen LogP contribution in [0.4, 0.5) is 0 Å². The van der Waals surface area contributed by atoms with Crippen molar-refractivity contribution in [3.05, 3.63) is 11.6 Å². The van der Waals surface area contributed by atoms with Gasteiger partial charge in [0.1, 0.15) is 11.9 Å². The van der Waals surface area contributed by atoms with Crippen molar-refractivity contribution in [2.45, 2.75) is 84.2 Å². The average Bonchev–Trinajstić information content (AvgIpc) is 2.95. The minimum Gasteiger partial charge on any atom is -0.481 e. The van der Waals surface area contributed by atoms with E-state index in [9.17, 15) is 14.4 Å². The van der Waals surface area contributed by atoms with E-state index in [1.165, 1.54) is 5.57 Å². The molecule has 0 aromatic carbocycles. The highest BCUT2D eigenvalue weighted by molar-refractivity contribution is 5.87. The van der Waals surface area contributed by atoms with Crippen molar-refractivity contribution in [1.82, 2.24) is 0 Å². The SMILES string of the molecule is C[C@@]12CC[C@H]3[C@H](CC=C4C[C@@H](OC(=O)CCC(=O)O)CC[C@@]43C)[C@@H]1CCC2=O. The largest absolute Gasteiger partial charge is 0.481 e. The number of fused-ring (bicyclic) bond motifs is 5. The lowest BCUT2D eigenvalue weighted by Crippen LogP contribution is -2.50. The predicted molar refractivity (Wildman–Crippen MR) is 103 cm³/mol. The number of carbonyl (C=O) groups excluding carboxylic acids is 2. The minimum atomic E-state index is -0.969. The van der Waals surface area contributed by atoms with E-state index in [-0.39, 0.29) is 29.8 Å². The van der Waals surface area contributed by atoms with E-state index in [1.807, 2.05) is 0 Å². The first-order valence-corrected chi connectivity index (χ1v) is 10.9.